The average Bonchev–Trinajstić information content (AvgIpc) is 0.762. The number of amides is 2. The second-order valence-corrected chi connectivity index (χ2v) is 31.8. The molecule has 2 amide bonds. The number of nitrogens with zero attached hydrogens (tertiary/aromatic N) is 14. The number of rotatable bonds is 7. The number of aromatic amines is 1. The summed E-state index contributed by atoms with van der Waals surface area (Å²) in [4.78, 5) is 98.5. The summed E-state index contributed by atoms with van der Waals surface area (Å²) in [5.41, 5.74) is 21.9. The van der Waals surface area contributed by atoms with Crippen LogP contribution < -0.4 is 65.5 Å². The van der Waals surface area contributed by atoms with Crippen LogP contribution in [-0.4, -0.2) is 157 Å². The predicted octanol–water partition coefficient (Wildman–Crippen LogP) is 12.7. The normalized spacial score (nSPS) is 19.2. The second-order valence-electron chi connectivity index (χ2n) is 31.5. The van der Waals surface area contributed by atoms with Crippen LogP contribution in [0.1, 0.15) is 151 Å². The minimum atomic E-state index is -1.06. The van der Waals surface area contributed by atoms with Gasteiger partial charge in [0.1, 0.15) is 17.1 Å². The first-order valence-corrected chi connectivity index (χ1v) is 40.9. The summed E-state index contributed by atoms with van der Waals surface area (Å²) in [6.07, 6.45) is 15.5. The fraction of sp³-hybridized carbons (Fsp3) is 0.341. The van der Waals surface area contributed by atoms with E-state index in [4.69, 9.17) is 18.2 Å². The van der Waals surface area contributed by atoms with Gasteiger partial charge in [0, 0.05) is 148 Å². The fourth-order valence-corrected chi connectivity index (χ4v) is 19.5. The molecule has 116 heavy (non-hydrogen) atoms. The first-order valence-electron chi connectivity index (χ1n) is 40.5. The molecule has 584 valence electrons. The SMILES string of the molecule is Clc1nc(-c2ccccc2)c2c(n1)C1CCN2CC1.O=C(O)c1nc(-c2ccccc2)c2c(n1)C1CCN2CC1.O=C1/C(=C/c2ccccc2)N2CCC1CC2.O=C1NC2=C(C(c3ccccc3)N1)N1CCC2CC1.O=c1nc(-c2ccccc2)c2c([nH]1)C1CCN2CC1.[C-]#[N+]c1nc(-c2ccccc2)c2c(n1)C1CCN2CC1.[Na+].[OH-]. The van der Waals surface area contributed by atoms with Crippen LogP contribution in [0.3, 0.4) is 0 Å². The Morgan fingerprint density at radius 2 is 0.828 bits per heavy atom. The summed E-state index contributed by atoms with van der Waals surface area (Å²) in [5.74, 6) is 2.22. The van der Waals surface area contributed by atoms with Gasteiger partial charge in [-0.3, -0.25) is 4.79 Å². The van der Waals surface area contributed by atoms with Crippen LogP contribution >= 0.6 is 11.6 Å². The summed E-state index contributed by atoms with van der Waals surface area (Å²) in [6, 6.07) is 60.4. The van der Waals surface area contributed by atoms with Gasteiger partial charge in [-0.05, 0) is 106 Å². The smallest absolute Gasteiger partial charge is 0.870 e. The molecule has 0 radical (unpaired) electrons. The van der Waals surface area contributed by atoms with Crippen LogP contribution in [0.15, 0.2) is 204 Å². The van der Waals surface area contributed by atoms with Gasteiger partial charge in [-0.1, -0.05) is 182 Å². The number of H-pyrrole nitrogens is 1. The maximum absolute atomic E-state index is 12.1. The number of hydrogen-bond donors (Lipinski definition) is 4. The molecule has 8 fully saturated rings. The van der Waals surface area contributed by atoms with Crippen molar-refractivity contribution in [2.75, 3.05) is 98.1 Å². The minimum Gasteiger partial charge on any atom is -0.870 e. The second kappa shape index (κ2) is 34.7. The molecule has 19 aliphatic heterocycles. The summed E-state index contributed by atoms with van der Waals surface area (Å²) in [5, 5.41) is 15.8. The van der Waals surface area contributed by atoms with E-state index in [0.29, 0.717) is 46.6 Å². The minimum absolute atomic E-state index is 0. The Morgan fingerprint density at radius 1 is 0.440 bits per heavy atom. The molecule has 5 N–H and O–H groups in total. The quantitative estimate of drug-likeness (QED) is 0.0499. The zero-order valence-electron chi connectivity index (χ0n) is 65.1. The maximum Gasteiger partial charge on any atom is 1.00 e. The predicted molar refractivity (Wildman–Crippen MR) is 446 cm³/mol. The van der Waals surface area contributed by atoms with Crippen LogP contribution in [0.5, 0.6) is 0 Å². The van der Waals surface area contributed by atoms with Crippen LogP contribution in [-0.2, 0) is 4.79 Å². The van der Waals surface area contributed by atoms with E-state index in [-0.39, 0.29) is 64.6 Å². The fourth-order valence-electron chi connectivity index (χ4n) is 19.3. The molecule has 10 aromatic rings. The topological polar surface area (TPSA) is 272 Å². The Labute approximate surface area is 701 Å². The molecular formula is C91H91ClN17NaO6. The first-order chi connectivity index (χ1) is 55.9. The monoisotopic (exact) mass is 1580 g/mol. The van der Waals surface area contributed by atoms with Gasteiger partial charge in [0.25, 0.3) is 0 Å². The number of allylic oxidation sites excluding steroid dienone is 2. The molecule has 23 nitrogen and oxygen atoms in total. The number of hydrogen-bond acceptors (Lipinski definition) is 18. The zero-order valence-corrected chi connectivity index (χ0v) is 67.8. The van der Waals surface area contributed by atoms with Crippen molar-refractivity contribution in [1.29, 1.82) is 0 Å². The molecule has 23 heterocycles. The van der Waals surface area contributed by atoms with Crippen molar-refractivity contribution in [3.63, 3.8) is 0 Å². The number of carboxylic acids is 1. The van der Waals surface area contributed by atoms with Crippen molar-refractivity contribution in [3.8, 4) is 45.0 Å². The number of ketones is 1. The third-order valence-electron chi connectivity index (χ3n) is 24.9. The summed E-state index contributed by atoms with van der Waals surface area (Å²) < 4.78 is 0. The molecule has 25 heteroatoms. The number of halogens is 1. The van der Waals surface area contributed by atoms with Crippen LogP contribution in [0.2, 0.25) is 5.28 Å². The van der Waals surface area contributed by atoms with E-state index in [1.807, 2.05) is 152 Å². The molecule has 0 aliphatic carbocycles. The molecule has 29 rings (SSSR count). The number of carbonyl (C=O) groups excluding carboxylic acids is 2. The van der Waals surface area contributed by atoms with Crippen LogP contribution in [0.25, 0.3) is 56.0 Å². The molecule has 1 atom stereocenters. The van der Waals surface area contributed by atoms with Crippen molar-refractivity contribution < 1.29 is 54.5 Å². The van der Waals surface area contributed by atoms with E-state index >= 15 is 0 Å². The van der Waals surface area contributed by atoms with Crippen molar-refractivity contribution in [2.45, 2.75) is 107 Å². The number of aromatic nitrogens is 8. The number of urea groups is 1. The Balaban J connectivity index is 0.000000104. The van der Waals surface area contributed by atoms with Crippen molar-refractivity contribution in [2.24, 2.45) is 11.8 Å². The Bertz CT molecular complexity index is 5410. The van der Waals surface area contributed by atoms with Crippen molar-refractivity contribution >= 4 is 64.2 Å². The molecule has 6 aromatic carbocycles. The number of benzene rings is 6. The zero-order chi connectivity index (χ0) is 77.3. The third-order valence-corrected chi connectivity index (χ3v) is 25.1. The van der Waals surface area contributed by atoms with Gasteiger partial charge in [0.15, 0.2) is 11.5 Å². The van der Waals surface area contributed by atoms with Gasteiger partial charge in [-0.2, -0.15) is 9.97 Å². The molecule has 12 bridgehead atoms. The van der Waals surface area contributed by atoms with E-state index in [9.17, 15) is 24.3 Å². The van der Waals surface area contributed by atoms with Gasteiger partial charge < -0.3 is 60.4 Å². The standard InChI is InChI=1S/C16H14N4.C16H15N3O2.C15H14ClN3.C15H17N3O.C15H15N3O.C14H15NO.Na.H2O/c1-17-16-18-13(11-5-3-2-4-6-11)15-14(19-16)12-7-9-20(15)10-8-12;20-16(21)15-17-12(10-4-2-1-3-5-10)14-13(18-15)11-6-8-19(14)9-7-11;16-15-17-12(10-4-2-1-3-5-10)14-13(18-15)11-6-8-19(14)9-7-11;2*19-15-16-12(10-4-2-1-3-5-10)14-13(17-15)11-6-8-18(14)9-7-11;16-14-12-6-8-15(9-7-12)13(14)10-11-4-2-1-3-5-11;;/h2-6,12H,7-10H2;1-5,11H,6-9H2,(H,20,21);1-5,11H,6-9H2;1-5,11-12H,6-9H2,(H2,16,17,19);1-5,11H,6-9H2,(H,16,17,19);1-5,10,12H,6-9H2;;1H2/q;;;;;;+1;/p-1/b;;;;;13-10-;;. The number of carbonyl (C=O) groups is 3. The van der Waals surface area contributed by atoms with E-state index in [1.165, 1.54) is 37.1 Å². The number of anilines is 4. The summed E-state index contributed by atoms with van der Waals surface area (Å²) in [6.45, 7) is 20.1. The third kappa shape index (κ3) is 15.9. The van der Waals surface area contributed by atoms with Crippen LogP contribution in [0, 0.1) is 18.4 Å². The molecule has 19 aliphatic rings. The maximum atomic E-state index is 12.1. The Hall–Kier alpha value is -11.1. The Morgan fingerprint density at radius 3 is 1.30 bits per heavy atom. The van der Waals surface area contributed by atoms with Crippen molar-refractivity contribution in [1.82, 2.24) is 60.3 Å². The summed E-state index contributed by atoms with van der Waals surface area (Å²) >= 11 is 6.13. The first kappa shape index (κ1) is 78.7. The number of nitrogens with one attached hydrogen (secondary N) is 3. The van der Waals surface area contributed by atoms with Gasteiger partial charge in [0.05, 0.1) is 57.3 Å². The number of fused-ring (bicyclic) bond motifs is 13. The van der Waals surface area contributed by atoms with Gasteiger partial charge >= 0.3 is 53.2 Å². The van der Waals surface area contributed by atoms with Gasteiger partial charge in [-0.15, -0.1) is 11.6 Å². The number of piperidine rings is 8. The number of carboxylic acid groups (broad SMARTS) is 1. The molecule has 4 aromatic heterocycles. The molecule has 1 unspecified atom stereocenters. The van der Waals surface area contributed by atoms with E-state index in [1.54, 1.807) is 0 Å². The number of Topliss-reactive ketones (excluding diaryl/α,β-unsaturated/α-hetero) is 1. The Kier molecular flexibility index (Phi) is 23.6. The molecule has 8 saturated heterocycles. The largest absolute Gasteiger partial charge is 1.00 e. The molecule has 0 saturated carbocycles. The van der Waals surface area contributed by atoms with Gasteiger partial charge in [-0.25, -0.2) is 34.3 Å². The molecular weight excluding hydrogens is 1490 g/mol. The molecule has 0 spiro atoms. The van der Waals surface area contributed by atoms with E-state index in [2.05, 4.69) is 121 Å². The van der Waals surface area contributed by atoms with E-state index in [0.717, 1.165) is 237 Å². The van der Waals surface area contributed by atoms with Crippen molar-refractivity contribution in [3.05, 3.63) is 266 Å². The average molecular weight is 1580 g/mol. The number of aromatic carboxylic acids is 1. The van der Waals surface area contributed by atoms with Crippen LogP contribution in [0.4, 0.5) is 33.5 Å². The van der Waals surface area contributed by atoms with Gasteiger partial charge in [0.2, 0.25) is 11.1 Å². The summed E-state index contributed by atoms with van der Waals surface area (Å²) in [7, 11) is 0. The van der Waals surface area contributed by atoms with E-state index < -0.39 is 5.97 Å².